The Bertz CT molecular complexity index is 346. The van der Waals surface area contributed by atoms with Crippen LogP contribution in [0.15, 0.2) is 29.4 Å². The molecule has 0 aliphatic carbocycles. The van der Waals surface area contributed by atoms with E-state index in [0.29, 0.717) is 6.61 Å². The first kappa shape index (κ1) is 13.7. The zero-order valence-corrected chi connectivity index (χ0v) is 10.6. The van der Waals surface area contributed by atoms with Gasteiger partial charge in [-0.15, -0.1) is 0 Å². The number of aryl methyl sites for hydroxylation is 1. The zero-order valence-electron chi connectivity index (χ0n) is 10.6. The Kier molecular flexibility index (Phi) is 6.30. The molecule has 1 aromatic rings. The summed E-state index contributed by atoms with van der Waals surface area (Å²) in [6, 6.07) is 6.66. The molecule has 0 aliphatic heterocycles. The Morgan fingerprint density at radius 3 is 2.59 bits per heavy atom. The third-order valence-electron chi connectivity index (χ3n) is 2.60. The number of rotatable bonds is 7. The average molecular weight is 237 g/mol. The van der Waals surface area contributed by atoms with Gasteiger partial charge in [0.05, 0.1) is 5.71 Å². The molecule has 0 saturated heterocycles. The maximum atomic E-state index is 12.6. The van der Waals surface area contributed by atoms with E-state index < -0.39 is 0 Å². The standard InChI is InChI=1S/C14H20FNO/c1-3-12(2)16-17-11-5-4-6-13-7-9-14(15)10-8-13/h7-10H,3-6,11H2,1-2H3/b16-12+. The molecule has 0 aromatic heterocycles. The minimum Gasteiger partial charge on any atom is -0.396 e. The molecule has 3 heteroatoms. The topological polar surface area (TPSA) is 21.6 Å². The number of halogens is 1. The minimum absolute atomic E-state index is 0.179. The van der Waals surface area contributed by atoms with Gasteiger partial charge in [0.2, 0.25) is 0 Å². The van der Waals surface area contributed by atoms with E-state index in [4.69, 9.17) is 4.84 Å². The van der Waals surface area contributed by atoms with Crippen LogP contribution in [0.5, 0.6) is 0 Å². The lowest BCUT2D eigenvalue weighted by Gasteiger charge is -2.02. The maximum Gasteiger partial charge on any atom is 0.123 e. The molecule has 0 atom stereocenters. The highest BCUT2D eigenvalue weighted by Crippen LogP contribution is 2.07. The molecule has 1 rings (SSSR count). The van der Waals surface area contributed by atoms with Crippen LogP contribution < -0.4 is 0 Å². The summed E-state index contributed by atoms with van der Waals surface area (Å²) in [5.74, 6) is -0.179. The van der Waals surface area contributed by atoms with Gasteiger partial charge in [-0.05, 0) is 50.3 Å². The molecule has 0 fully saturated rings. The van der Waals surface area contributed by atoms with Crippen molar-refractivity contribution < 1.29 is 9.23 Å². The van der Waals surface area contributed by atoms with Crippen molar-refractivity contribution in [3.63, 3.8) is 0 Å². The zero-order chi connectivity index (χ0) is 12.5. The molecule has 0 bridgehead atoms. The molecule has 0 saturated carbocycles. The van der Waals surface area contributed by atoms with Gasteiger partial charge in [-0.2, -0.15) is 0 Å². The van der Waals surface area contributed by atoms with Crippen molar-refractivity contribution in [1.82, 2.24) is 0 Å². The summed E-state index contributed by atoms with van der Waals surface area (Å²) in [4.78, 5) is 5.17. The van der Waals surface area contributed by atoms with Crippen LogP contribution in [0.1, 0.15) is 38.7 Å². The molecule has 0 radical (unpaired) electrons. The highest BCUT2D eigenvalue weighted by atomic mass is 19.1. The van der Waals surface area contributed by atoms with Gasteiger partial charge in [0.15, 0.2) is 0 Å². The van der Waals surface area contributed by atoms with Crippen LogP contribution in [0.3, 0.4) is 0 Å². The van der Waals surface area contributed by atoms with Crippen LogP contribution in [0.25, 0.3) is 0 Å². The summed E-state index contributed by atoms with van der Waals surface area (Å²) in [5, 5.41) is 3.97. The molecule has 0 aliphatic rings. The second kappa shape index (κ2) is 7.82. The van der Waals surface area contributed by atoms with Gasteiger partial charge in [-0.3, -0.25) is 0 Å². The second-order valence-electron chi connectivity index (χ2n) is 4.10. The quantitative estimate of drug-likeness (QED) is 0.400. The van der Waals surface area contributed by atoms with Gasteiger partial charge in [-0.1, -0.05) is 24.2 Å². The van der Waals surface area contributed by atoms with E-state index >= 15 is 0 Å². The Hall–Kier alpha value is -1.38. The molecule has 0 spiro atoms. The van der Waals surface area contributed by atoms with Crippen LogP contribution in [0.2, 0.25) is 0 Å². The lowest BCUT2D eigenvalue weighted by molar-refractivity contribution is 0.139. The Morgan fingerprint density at radius 2 is 1.94 bits per heavy atom. The summed E-state index contributed by atoms with van der Waals surface area (Å²) < 4.78 is 12.6. The van der Waals surface area contributed by atoms with E-state index in [0.717, 1.165) is 31.4 Å². The molecule has 0 unspecified atom stereocenters. The van der Waals surface area contributed by atoms with E-state index in [1.807, 2.05) is 19.1 Å². The number of hydrogen-bond acceptors (Lipinski definition) is 2. The molecular weight excluding hydrogens is 217 g/mol. The summed E-state index contributed by atoms with van der Waals surface area (Å²) in [6.45, 7) is 4.66. The number of hydrogen-bond donors (Lipinski definition) is 0. The van der Waals surface area contributed by atoms with Crippen LogP contribution in [-0.2, 0) is 11.3 Å². The van der Waals surface area contributed by atoms with Gasteiger partial charge in [-0.25, -0.2) is 4.39 Å². The van der Waals surface area contributed by atoms with E-state index in [2.05, 4.69) is 12.1 Å². The van der Waals surface area contributed by atoms with E-state index in [9.17, 15) is 4.39 Å². The van der Waals surface area contributed by atoms with Crippen molar-refractivity contribution in [3.8, 4) is 0 Å². The highest BCUT2D eigenvalue weighted by Gasteiger charge is 1.95. The molecule has 0 heterocycles. The summed E-state index contributed by atoms with van der Waals surface area (Å²) >= 11 is 0. The van der Waals surface area contributed by atoms with Gasteiger partial charge < -0.3 is 4.84 Å². The lowest BCUT2D eigenvalue weighted by atomic mass is 10.1. The monoisotopic (exact) mass is 237 g/mol. The molecule has 0 N–H and O–H groups in total. The normalized spacial score (nSPS) is 11.6. The largest absolute Gasteiger partial charge is 0.396 e. The van der Waals surface area contributed by atoms with Crippen molar-refractivity contribution in [2.45, 2.75) is 39.5 Å². The fourth-order valence-electron chi connectivity index (χ4n) is 1.37. The SMILES string of the molecule is CC/C(C)=N/OCCCCc1ccc(F)cc1. The maximum absolute atomic E-state index is 12.6. The fraction of sp³-hybridized carbons (Fsp3) is 0.500. The summed E-state index contributed by atoms with van der Waals surface area (Å²) in [7, 11) is 0. The molecule has 94 valence electrons. The predicted molar refractivity (Wildman–Crippen MR) is 68.7 cm³/mol. The van der Waals surface area contributed by atoms with Crippen LogP contribution >= 0.6 is 0 Å². The summed E-state index contributed by atoms with van der Waals surface area (Å²) in [5.41, 5.74) is 2.18. The first-order valence-electron chi connectivity index (χ1n) is 6.12. The summed E-state index contributed by atoms with van der Waals surface area (Å²) in [6.07, 6.45) is 3.89. The molecular formula is C14H20FNO. The molecule has 1 aromatic carbocycles. The number of unbranched alkanes of at least 4 members (excludes halogenated alkanes) is 1. The van der Waals surface area contributed by atoms with Crippen molar-refractivity contribution in [2.24, 2.45) is 5.16 Å². The van der Waals surface area contributed by atoms with E-state index in [1.165, 1.54) is 17.7 Å². The van der Waals surface area contributed by atoms with Crippen LogP contribution in [-0.4, -0.2) is 12.3 Å². The smallest absolute Gasteiger partial charge is 0.123 e. The molecule has 0 amide bonds. The molecule has 17 heavy (non-hydrogen) atoms. The van der Waals surface area contributed by atoms with Crippen molar-refractivity contribution in [2.75, 3.05) is 6.61 Å². The first-order chi connectivity index (χ1) is 8.22. The Morgan fingerprint density at radius 1 is 1.24 bits per heavy atom. The van der Waals surface area contributed by atoms with E-state index in [1.54, 1.807) is 0 Å². The van der Waals surface area contributed by atoms with Crippen molar-refractivity contribution >= 4 is 5.71 Å². The first-order valence-corrected chi connectivity index (χ1v) is 6.12. The number of oxime groups is 1. The highest BCUT2D eigenvalue weighted by molar-refractivity contribution is 5.80. The average Bonchev–Trinajstić information content (AvgIpc) is 2.35. The van der Waals surface area contributed by atoms with Gasteiger partial charge in [0.25, 0.3) is 0 Å². The third kappa shape index (κ3) is 6.05. The minimum atomic E-state index is -0.179. The van der Waals surface area contributed by atoms with Crippen molar-refractivity contribution in [3.05, 3.63) is 35.6 Å². The fourth-order valence-corrected chi connectivity index (χ4v) is 1.37. The number of nitrogens with zero attached hydrogens (tertiary/aromatic N) is 1. The third-order valence-corrected chi connectivity index (χ3v) is 2.60. The van der Waals surface area contributed by atoms with Crippen molar-refractivity contribution in [1.29, 1.82) is 0 Å². The predicted octanol–water partition coefficient (Wildman–Crippen LogP) is 3.95. The second-order valence-corrected chi connectivity index (χ2v) is 4.10. The lowest BCUT2D eigenvalue weighted by Crippen LogP contribution is -1.94. The molecule has 2 nitrogen and oxygen atoms in total. The van der Waals surface area contributed by atoms with Gasteiger partial charge in [0, 0.05) is 0 Å². The van der Waals surface area contributed by atoms with Crippen LogP contribution in [0, 0.1) is 5.82 Å². The Balaban J connectivity index is 2.10. The van der Waals surface area contributed by atoms with Crippen LogP contribution in [0.4, 0.5) is 4.39 Å². The van der Waals surface area contributed by atoms with Gasteiger partial charge >= 0.3 is 0 Å². The van der Waals surface area contributed by atoms with E-state index in [-0.39, 0.29) is 5.82 Å². The number of benzene rings is 1. The Labute approximate surface area is 102 Å². The van der Waals surface area contributed by atoms with Gasteiger partial charge in [0.1, 0.15) is 12.4 Å².